The Morgan fingerprint density at radius 3 is 2.29 bits per heavy atom. The predicted octanol–water partition coefficient (Wildman–Crippen LogP) is 0.0891. The van der Waals surface area contributed by atoms with Crippen LogP contribution >= 0.6 is 0 Å². The van der Waals surface area contributed by atoms with Crippen molar-refractivity contribution in [2.45, 2.75) is 33.0 Å². The van der Waals surface area contributed by atoms with Crippen LogP contribution in [0.1, 0.15) is 20.8 Å². The van der Waals surface area contributed by atoms with E-state index in [4.69, 9.17) is 9.47 Å². The van der Waals surface area contributed by atoms with E-state index in [-0.39, 0.29) is 18.6 Å². The van der Waals surface area contributed by atoms with Gasteiger partial charge in [0.25, 0.3) is 0 Å². The van der Waals surface area contributed by atoms with Gasteiger partial charge in [0.1, 0.15) is 12.6 Å². The number of amides is 1. The first kappa shape index (κ1) is 12.9. The predicted molar refractivity (Wildman–Crippen MR) is 50.7 cm³/mol. The van der Waals surface area contributed by atoms with Crippen molar-refractivity contribution in [3.05, 3.63) is 0 Å². The Labute approximate surface area is 83.8 Å². The molecule has 0 spiro atoms. The van der Waals surface area contributed by atoms with Crippen LogP contribution in [0.5, 0.6) is 0 Å². The molecule has 0 saturated heterocycles. The Hall–Kier alpha value is -1.10. The normalized spacial score (nSPS) is 12.4. The van der Waals surface area contributed by atoms with Gasteiger partial charge < -0.3 is 14.8 Å². The lowest BCUT2D eigenvalue weighted by Gasteiger charge is -2.11. The molecule has 0 aliphatic rings. The van der Waals surface area contributed by atoms with E-state index < -0.39 is 12.1 Å². The molecule has 0 aromatic heterocycles. The number of hydrogen-bond donors (Lipinski definition) is 1. The molecule has 0 unspecified atom stereocenters. The van der Waals surface area contributed by atoms with Crippen molar-refractivity contribution in [2.24, 2.45) is 0 Å². The largest absolute Gasteiger partial charge is 0.462 e. The van der Waals surface area contributed by atoms with Crippen LogP contribution in [-0.2, 0) is 19.1 Å². The van der Waals surface area contributed by atoms with Crippen LogP contribution in [0.3, 0.4) is 0 Å². The third-order valence-corrected chi connectivity index (χ3v) is 1.50. The second-order valence-corrected chi connectivity index (χ2v) is 3.13. The van der Waals surface area contributed by atoms with Crippen LogP contribution in [0.4, 0.5) is 0 Å². The van der Waals surface area contributed by atoms with Gasteiger partial charge in [0.2, 0.25) is 5.91 Å². The first-order chi connectivity index (χ1) is 6.47. The molecular formula is C9H17NO4. The fraction of sp³-hybridized carbons (Fsp3) is 0.778. The second kappa shape index (κ2) is 6.37. The summed E-state index contributed by atoms with van der Waals surface area (Å²) >= 11 is 0. The molecule has 0 aliphatic heterocycles. The monoisotopic (exact) mass is 203 g/mol. The summed E-state index contributed by atoms with van der Waals surface area (Å²) in [4.78, 5) is 22.1. The minimum absolute atomic E-state index is 0.120. The number of rotatable bonds is 5. The lowest BCUT2D eigenvalue weighted by atomic mass is 10.4. The number of esters is 1. The molecule has 0 heterocycles. The summed E-state index contributed by atoms with van der Waals surface area (Å²) in [5, 5.41) is 2.40. The SMILES string of the molecule is CO[C@H](C)C(=O)NCC(=O)OC(C)C. The van der Waals surface area contributed by atoms with Gasteiger partial charge in [-0.05, 0) is 20.8 Å². The quantitative estimate of drug-likeness (QED) is 0.643. The average Bonchev–Trinajstić information content (AvgIpc) is 2.11. The van der Waals surface area contributed by atoms with E-state index in [9.17, 15) is 9.59 Å². The van der Waals surface area contributed by atoms with Gasteiger partial charge in [0.05, 0.1) is 6.10 Å². The summed E-state index contributed by atoms with van der Waals surface area (Å²) in [5.41, 5.74) is 0. The third-order valence-electron chi connectivity index (χ3n) is 1.50. The van der Waals surface area contributed by atoms with Crippen LogP contribution in [0.2, 0.25) is 0 Å². The summed E-state index contributed by atoms with van der Waals surface area (Å²) in [5.74, 6) is -0.773. The highest BCUT2D eigenvalue weighted by Gasteiger charge is 2.13. The van der Waals surface area contributed by atoms with Crippen molar-refractivity contribution >= 4 is 11.9 Å². The highest BCUT2D eigenvalue weighted by atomic mass is 16.5. The molecular weight excluding hydrogens is 186 g/mol. The standard InChI is InChI=1S/C9H17NO4/c1-6(2)14-8(11)5-10-9(12)7(3)13-4/h6-7H,5H2,1-4H3,(H,10,12)/t7-/m1/s1. The molecule has 0 aromatic carbocycles. The molecule has 1 amide bonds. The fourth-order valence-electron chi connectivity index (χ4n) is 0.715. The number of ether oxygens (including phenoxy) is 2. The van der Waals surface area contributed by atoms with Crippen molar-refractivity contribution in [3.8, 4) is 0 Å². The Morgan fingerprint density at radius 1 is 1.29 bits per heavy atom. The summed E-state index contributed by atoms with van der Waals surface area (Å²) in [6.07, 6.45) is -0.721. The van der Waals surface area contributed by atoms with Gasteiger partial charge >= 0.3 is 5.97 Å². The Bertz CT molecular complexity index is 203. The molecule has 5 nitrogen and oxygen atoms in total. The van der Waals surface area contributed by atoms with Gasteiger partial charge in [-0.3, -0.25) is 9.59 Å². The molecule has 0 bridgehead atoms. The highest BCUT2D eigenvalue weighted by Crippen LogP contribution is 1.89. The summed E-state index contributed by atoms with van der Waals surface area (Å²) in [6, 6.07) is 0. The van der Waals surface area contributed by atoms with E-state index in [0.717, 1.165) is 0 Å². The van der Waals surface area contributed by atoms with E-state index >= 15 is 0 Å². The van der Waals surface area contributed by atoms with Crippen molar-refractivity contribution in [2.75, 3.05) is 13.7 Å². The van der Waals surface area contributed by atoms with Crippen molar-refractivity contribution in [1.29, 1.82) is 0 Å². The van der Waals surface area contributed by atoms with E-state index in [1.54, 1.807) is 20.8 Å². The molecule has 1 N–H and O–H groups in total. The Morgan fingerprint density at radius 2 is 1.86 bits per heavy atom. The number of carbonyl (C=O) groups excluding carboxylic acids is 2. The maximum absolute atomic E-state index is 11.1. The number of methoxy groups -OCH3 is 1. The van der Waals surface area contributed by atoms with E-state index in [2.05, 4.69) is 5.32 Å². The molecule has 14 heavy (non-hydrogen) atoms. The topological polar surface area (TPSA) is 64.6 Å². The fourth-order valence-corrected chi connectivity index (χ4v) is 0.715. The maximum atomic E-state index is 11.1. The van der Waals surface area contributed by atoms with Crippen molar-refractivity contribution in [1.82, 2.24) is 5.32 Å². The molecule has 0 radical (unpaired) electrons. The summed E-state index contributed by atoms with van der Waals surface area (Å²) in [6.45, 7) is 4.98. The van der Waals surface area contributed by atoms with E-state index in [1.807, 2.05) is 0 Å². The first-order valence-electron chi connectivity index (χ1n) is 4.47. The molecule has 0 rings (SSSR count). The number of carbonyl (C=O) groups is 2. The molecule has 0 saturated carbocycles. The molecule has 0 aliphatic carbocycles. The van der Waals surface area contributed by atoms with Crippen LogP contribution < -0.4 is 5.32 Å². The average molecular weight is 203 g/mol. The minimum atomic E-state index is -0.554. The smallest absolute Gasteiger partial charge is 0.325 e. The van der Waals surface area contributed by atoms with Gasteiger partial charge in [-0.25, -0.2) is 0 Å². The van der Waals surface area contributed by atoms with Gasteiger partial charge in [-0.2, -0.15) is 0 Å². The molecule has 0 aromatic rings. The lowest BCUT2D eigenvalue weighted by Crippen LogP contribution is -2.38. The second-order valence-electron chi connectivity index (χ2n) is 3.13. The van der Waals surface area contributed by atoms with Gasteiger partial charge in [-0.15, -0.1) is 0 Å². The van der Waals surface area contributed by atoms with Gasteiger partial charge in [0.15, 0.2) is 0 Å². The van der Waals surface area contributed by atoms with E-state index in [0.29, 0.717) is 0 Å². The zero-order valence-corrected chi connectivity index (χ0v) is 8.99. The minimum Gasteiger partial charge on any atom is -0.462 e. The third kappa shape index (κ3) is 5.53. The summed E-state index contributed by atoms with van der Waals surface area (Å²) < 4.78 is 9.58. The highest BCUT2D eigenvalue weighted by molar-refractivity contribution is 5.84. The summed E-state index contributed by atoms with van der Waals surface area (Å²) in [7, 11) is 1.43. The van der Waals surface area contributed by atoms with Gasteiger partial charge in [0, 0.05) is 7.11 Å². The molecule has 0 fully saturated rings. The molecule has 5 heteroatoms. The maximum Gasteiger partial charge on any atom is 0.325 e. The van der Waals surface area contributed by atoms with Gasteiger partial charge in [-0.1, -0.05) is 0 Å². The molecule has 82 valence electrons. The molecule has 1 atom stereocenters. The van der Waals surface area contributed by atoms with Crippen LogP contribution in [-0.4, -0.2) is 37.7 Å². The van der Waals surface area contributed by atoms with Crippen molar-refractivity contribution < 1.29 is 19.1 Å². The van der Waals surface area contributed by atoms with Crippen molar-refractivity contribution in [3.63, 3.8) is 0 Å². The lowest BCUT2D eigenvalue weighted by molar-refractivity contribution is -0.148. The number of nitrogens with one attached hydrogen (secondary N) is 1. The van der Waals surface area contributed by atoms with Crippen LogP contribution in [0.15, 0.2) is 0 Å². The van der Waals surface area contributed by atoms with E-state index in [1.165, 1.54) is 7.11 Å². The first-order valence-corrected chi connectivity index (χ1v) is 4.47. The Kier molecular flexibility index (Phi) is 5.87. The van der Waals surface area contributed by atoms with Crippen LogP contribution in [0.25, 0.3) is 0 Å². The Balaban J connectivity index is 3.72. The zero-order valence-electron chi connectivity index (χ0n) is 8.99. The zero-order chi connectivity index (χ0) is 11.1. The van der Waals surface area contributed by atoms with Crippen LogP contribution in [0, 0.1) is 0 Å². The number of hydrogen-bond acceptors (Lipinski definition) is 4.